The van der Waals surface area contributed by atoms with Gasteiger partial charge in [-0.3, -0.25) is 0 Å². The van der Waals surface area contributed by atoms with Gasteiger partial charge in [-0.05, 0) is 6.07 Å². The third kappa shape index (κ3) is 2.33. The lowest BCUT2D eigenvalue weighted by Crippen LogP contribution is -2.21. The van der Waals surface area contributed by atoms with Crippen LogP contribution >= 0.6 is 0 Å². The van der Waals surface area contributed by atoms with E-state index in [2.05, 4.69) is 10.4 Å². The van der Waals surface area contributed by atoms with E-state index in [1.165, 1.54) is 12.3 Å². The summed E-state index contributed by atoms with van der Waals surface area (Å²) in [5, 5.41) is 10.3. The molecule has 0 aliphatic carbocycles. The number of aromatic nitrogens is 1. The minimum atomic E-state index is -1.04. The van der Waals surface area contributed by atoms with E-state index in [4.69, 9.17) is 10.8 Å². The fraction of sp³-hybridized carbons (Fsp3) is 0.250. The van der Waals surface area contributed by atoms with E-state index in [1.807, 2.05) is 0 Å². The highest BCUT2D eigenvalue weighted by Gasteiger charge is 2.07. The average Bonchev–Trinajstić information content (AvgIpc) is 2.07. The first kappa shape index (κ1) is 10.3. The zero-order chi connectivity index (χ0) is 10.7. The van der Waals surface area contributed by atoms with Gasteiger partial charge in [0.1, 0.15) is 0 Å². The van der Waals surface area contributed by atoms with Gasteiger partial charge in [0.15, 0.2) is 5.82 Å². The van der Waals surface area contributed by atoms with Crippen molar-refractivity contribution in [3.63, 3.8) is 0 Å². The fourth-order valence-electron chi connectivity index (χ4n) is 0.904. The van der Waals surface area contributed by atoms with Crippen molar-refractivity contribution in [2.75, 3.05) is 25.3 Å². The summed E-state index contributed by atoms with van der Waals surface area (Å²) < 4.78 is 0. The van der Waals surface area contributed by atoms with Crippen LogP contribution in [0.1, 0.15) is 10.4 Å². The van der Waals surface area contributed by atoms with Crippen LogP contribution in [-0.2, 0) is 0 Å². The van der Waals surface area contributed by atoms with Crippen LogP contribution in [0.3, 0.4) is 0 Å². The van der Waals surface area contributed by atoms with Gasteiger partial charge in [0, 0.05) is 20.3 Å². The second-order valence-corrected chi connectivity index (χ2v) is 2.97. The molecule has 6 nitrogen and oxygen atoms in total. The Morgan fingerprint density at radius 3 is 2.71 bits per heavy atom. The molecule has 0 saturated heterocycles. The highest BCUT2D eigenvalue weighted by Crippen LogP contribution is 2.16. The van der Waals surface area contributed by atoms with Crippen molar-refractivity contribution in [1.29, 1.82) is 0 Å². The molecule has 0 spiro atoms. The molecule has 0 unspecified atom stereocenters. The van der Waals surface area contributed by atoms with Gasteiger partial charge < -0.3 is 16.3 Å². The third-order valence-electron chi connectivity index (χ3n) is 1.49. The predicted octanol–water partition coefficient (Wildman–Crippen LogP) is 0.250. The van der Waals surface area contributed by atoms with Gasteiger partial charge >= 0.3 is 5.97 Å². The molecule has 6 heteroatoms. The second-order valence-electron chi connectivity index (χ2n) is 2.97. The van der Waals surface area contributed by atoms with E-state index in [1.54, 1.807) is 19.1 Å². The number of anilines is 2. The summed E-state index contributed by atoms with van der Waals surface area (Å²) in [6.45, 7) is 0. The molecule has 76 valence electrons. The molecular formula is C8H12N4O2. The van der Waals surface area contributed by atoms with Crippen molar-refractivity contribution in [3.05, 3.63) is 17.8 Å². The number of nitrogens with two attached hydrogens (primary N) is 1. The smallest absolute Gasteiger partial charge is 0.337 e. The van der Waals surface area contributed by atoms with Crippen molar-refractivity contribution < 1.29 is 9.90 Å². The number of rotatable bonds is 3. The quantitative estimate of drug-likeness (QED) is 0.600. The summed E-state index contributed by atoms with van der Waals surface area (Å²) in [6.07, 6.45) is 1.25. The molecule has 0 amide bonds. The van der Waals surface area contributed by atoms with Gasteiger partial charge in [-0.25, -0.2) is 14.8 Å². The lowest BCUT2D eigenvalue weighted by Gasteiger charge is -2.14. The van der Waals surface area contributed by atoms with E-state index in [0.717, 1.165) is 0 Å². The number of hydrazine groups is 1. The highest BCUT2D eigenvalue weighted by molar-refractivity contribution is 5.89. The van der Waals surface area contributed by atoms with Crippen LogP contribution in [-0.4, -0.2) is 35.2 Å². The molecule has 0 aliphatic heterocycles. The average molecular weight is 196 g/mol. The summed E-state index contributed by atoms with van der Waals surface area (Å²) in [5.41, 5.74) is 8.82. The van der Waals surface area contributed by atoms with Crippen LogP contribution in [0.4, 0.5) is 11.5 Å². The molecule has 0 aliphatic rings. The molecule has 1 aromatic rings. The van der Waals surface area contributed by atoms with E-state index in [0.29, 0.717) is 11.5 Å². The molecule has 0 atom stereocenters. The van der Waals surface area contributed by atoms with Gasteiger partial charge in [0.25, 0.3) is 0 Å². The van der Waals surface area contributed by atoms with E-state index in [-0.39, 0.29) is 5.56 Å². The molecule has 1 aromatic heterocycles. The predicted molar refractivity (Wildman–Crippen MR) is 52.9 cm³/mol. The maximum atomic E-state index is 10.6. The minimum absolute atomic E-state index is 0.0757. The summed E-state index contributed by atoms with van der Waals surface area (Å²) >= 11 is 0. The molecule has 1 heterocycles. The Balaban J connectivity index is 2.95. The topological polar surface area (TPSA) is 91.5 Å². The molecule has 0 radical (unpaired) electrons. The Morgan fingerprint density at radius 2 is 2.29 bits per heavy atom. The van der Waals surface area contributed by atoms with Gasteiger partial charge in [-0.2, -0.15) is 0 Å². The van der Waals surface area contributed by atoms with Gasteiger partial charge in [-0.15, -0.1) is 0 Å². The zero-order valence-corrected chi connectivity index (χ0v) is 7.98. The Morgan fingerprint density at radius 1 is 1.64 bits per heavy atom. The van der Waals surface area contributed by atoms with Gasteiger partial charge in [0.2, 0.25) is 0 Å². The lowest BCUT2D eigenvalue weighted by atomic mass is 10.2. The molecular weight excluding hydrogens is 184 g/mol. The largest absolute Gasteiger partial charge is 0.478 e. The van der Waals surface area contributed by atoms with Crippen molar-refractivity contribution in [3.8, 4) is 0 Å². The highest BCUT2D eigenvalue weighted by atomic mass is 16.4. The number of carbonyl (C=O) groups is 1. The standard InChI is InChI=1S/C8H12N4O2/c1-12(2)11-7-6(9)3-5(4-10-7)8(13)14/h3-4H,9H2,1-2H3,(H,10,11)(H,13,14). The maximum Gasteiger partial charge on any atom is 0.337 e. The number of nitrogens with one attached hydrogen (secondary N) is 1. The minimum Gasteiger partial charge on any atom is -0.478 e. The number of nitrogens with zero attached hydrogens (tertiary/aromatic N) is 2. The third-order valence-corrected chi connectivity index (χ3v) is 1.49. The van der Waals surface area contributed by atoms with Gasteiger partial charge in [-0.1, -0.05) is 0 Å². The number of hydrogen-bond donors (Lipinski definition) is 3. The molecule has 0 aromatic carbocycles. The van der Waals surface area contributed by atoms with Crippen LogP contribution < -0.4 is 11.2 Å². The Hall–Kier alpha value is -1.82. The van der Waals surface area contributed by atoms with E-state index < -0.39 is 5.97 Å². The summed E-state index contributed by atoms with van der Waals surface area (Å²) in [5.74, 6) is -0.597. The molecule has 0 fully saturated rings. The number of pyridine rings is 1. The lowest BCUT2D eigenvalue weighted by molar-refractivity contribution is 0.0696. The van der Waals surface area contributed by atoms with Crippen LogP contribution in [0.15, 0.2) is 12.3 Å². The van der Waals surface area contributed by atoms with E-state index in [9.17, 15) is 4.79 Å². The maximum absolute atomic E-state index is 10.6. The molecule has 14 heavy (non-hydrogen) atoms. The zero-order valence-electron chi connectivity index (χ0n) is 7.98. The van der Waals surface area contributed by atoms with Crippen LogP contribution in [0.5, 0.6) is 0 Å². The number of carboxylic acids is 1. The Kier molecular flexibility index (Phi) is 2.88. The normalized spacial score (nSPS) is 10.2. The van der Waals surface area contributed by atoms with Crippen LogP contribution in [0.2, 0.25) is 0 Å². The van der Waals surface area contributed by atoms with Crippen molar-refractivity contribution >= 4 is 17.5 Å². The van der Waals surface area contributed by atoms with Gasteiger partial charge in [0.05, 0.1) is 11.3 Å². The van der Waals surface area contributed by atoms with E-state index >= 15 is 0 Å². The number of hydrogen-bond acceptors (Lipinski definition) is 5. The summed E-state index contributed by atoms with van der Waals surface area (Å²) in [7, 11) is 3.57. The van der Waals surface area contributed by atoms with Crippen LogP contribution in [0.25, 0.3) is 0 Å². The number of nitrogen functional groups attached to an aromatic ring is 1. The van der Waals surface area contributed by atoms with Crippen molar-refractivity contribution in [2.45, 2.75) is 0 Å². The fourth-order valence-corrected chi connectivity index (χ4v) is 0.904. The summed E-state index contributed by atoms with van der Waals surface area (Å²) in [6, 6.07) is 1.36. The SMILES string of the molecule is CN(C)Nc1ncc(C(=O)O)cc1N. The molecule has 1 rings (SSSR count). The van der Waals surface area contributed by atoms with Crippen molar-refractivity contribution in [2.24, 2.45) is 0 Å². The molecule has 0 bridgehead atoms. The Bertz CT molecular complexity index is 351. The first-order valence-corrected chi connectivity index (χ1v) is 3.93. The Labute approximate surface area is 81.3 Å². The van der Waals surface area contributed by atoms with Crippen molar-refractivity contribution in [1.82, 2.24) is 9.99 Å². The molecule has 0 saturated carbocycles. The monoisotopic (exact) mass is 196 g/mol. The second kappa shape index (κ2) is 3.93. The first-order chi connectivity index (χ1) is 6.50. The molecule has 4 N–H and O–H groups in total. The summed E-state index contributed by atoms with van der Waals surface area (Å²) in [4.78, 5) is 14.4. The van der Waals surface area contributed by atoms with Crippen LogP contribution in [0, 0.1) is 0 Å². The first-order valence-electron chi connectivity index (χ1n) is 3.93. The number of aromatic carboxylic acids is 1. The number of carboxylic acid groups (broad SMARTS) is 1.